The van der Waals surface area contributed by atoms with Crippen LogP contribution in [-0.4, -0.2) is 0 Å². The fourth-order valence-electron chi connectivity index (χ4n) is 8.31. The summed E-state index contributed by atoms with van der Waals surface area (Å²) in [5.41, 5.74) is 13.0. The maximum absolute atomic E-state index is 6.60. The van der Waals surface area contributed by atoms with E-state index in [1.54, 1.807) is 0 Å². The molecule has 2 nitrogen and oxygen atoms in total. The molecule has 52 heavy (non-hydrogen) atoms. The fourth-order valence-corrected chi connectivity index (χ4v) is 8.31. The molecule has 0 aliphatic carbocycles. The highest BCUT2D eigenvalue weighted by atomic mass is 16.3. The number of hydrogen-bond donors (Lipinski definition) is 0. The molecule has 11 rings (SSSR count). The second kappa shape index (κ2) is 11.3. The van der Waals surface area contributed by atoms with E-state index in [1.165, 1.54) is 54.9 Å². The third-order valence-electron chi connectivity index (χ3n) is 10.7. The number of hydrogen-bond acceptors (Lipinski definition) is 2. The molecule has 9 aromatic carbocycles. The molecule has 0 bridgehead atoms. The Kier molecular flexibility index (Phi) is 6.28. The molecule has 242 valence electrons. The lowest BCUT2D eigenvalue weighted by Crippen LogP contribution is -1.91. The number of furan rings is 2. The van der Waals surface area contributed by atoms with Crippen LogP contribution in [0.4, 0.5) is 0 Å². The van der Waals surface area contributed by atoms with Crippen molar-refractivity contribution in [1.29, 1.82) is 0 Å². The van der Waals surface area contributed by atoms with Gasteiger partial charge in [-0.2, -0.15) is 0 Å². The van der Waals surface area contributed by atoms with E-state index in [-0.39, 0.29) is 0 Å². The molecule has 0 radical (unpaired) electrons. The summed E-state index contributed by atoms with van der Waals surface area (Å²) in [5, 5.41) is 9.25. The molecule has 0 N–H and O–H groups in total. The Hall–Kier alpha value is -6.90. The molecule has 2 aromatic heterocycles. The molecule has 0 spiro atoms. The summed E-state index contributed by atoms with van der Waals surface area (Å²) in [6.45, 7) is 0. The largest absolute Gasteiger partial charge is 0.455 e. The van der Waals surface area contributed by atoms with Crippen LogP contribution in [0.1, 0.15) is 0 Å². The van der Waals surface area contributed by atoms with Gasteiger partial charge in [0.2, 0.25) is 0 Å². The number of para-hydroxylation sites is 2. The van der Waals surface area contributed by atoms with Crippen LogP contribution in [0.15, 0.2) is 191 Å². The van der Waals surface area contributed by atoms with Gasteiger partial charge in [-0.3, -0.25) is 0 Å². The summed E-state index contributed by atoms with van der Waals surface area (Å²) >= 11 is 0. The van der Waals surface area contributed by atoms with Gasteiger partial charge in [0.1, 0.15) is 22.3 Å². The maximum Gasteiger partial charge on any atom is 0.147 e. The predicted octanol–water partition coefficient (Wildman–Crippen LogP) is 14.5. The number of fused-ring (bicyclic) bond motifs is 9. The highest BCUT2D eigenvalue weighted by molar-refractivity contribution is 6.25. The Morgan fingerprint density at radius 3 is 1.25 bits per heavy atom. The first kappa shape index (κ1) is 28.9. The van der Waals surface area contributed by atoms with Crippen LogP contribution in [0, 0.1) is 0 Å². The highest BCUT2D eigenvalue weighted by Gasteiger charge is 2.21. The third-order valence-corrected chi connectivity index (χ3v) is 10.7. The van der Waals surface area contributed by atoms with Gasteiger partial charge in [0, 0.05) is 21.7 Å². The standard InChI is InChI=1S/C50H30O2/c1-2-12-31(13-3-1)32-22-26-34(27-23-32)46-37-15-4-6-17-39(37)47(40-18-7-5-16-38(40)46)35-28-24-33(25-29-35)42-30-43-36-14-8-10-20-44(36)51-50(43)48-41-19-9-11-21-45(41)52-49(42)48/h1-30H. The van der Waals surface area contributed by atoms with E-state index < -0.39 is 0 Å². The van der Waals surface area contributed by atoms with Crippen molar-refractivity contribution in [1.82, 2.24) is 0 Å². The van der Waals surface area contributed by atoms with Crippen molar-refractivity contribution in [2.24, 2.45) is 0 Å². The monoisotopic (exact) mass is 662 g/mol. The molecule has 0 aliphatic heterocycles. The molecule has 2 heteroatoms. The van der Waals surface area contributed by atoms with Gasteiger partial charge in [-0.1, -0.05) is 164 Å². The summed E-state index contributed by atoms with van der Waals surface area (Å²) in [4.78, 5) is 0. The summed E-state index contributed by atoms with van der Waals surface area (Å²) in [6.07, 6.45) is 0. The average molecular weight is 663 g/mol. The molecule has 0 saturated carbocycles. The Morgan fingerprint density at radius 2 is 0.673 bits per heavy atom. The smallest absolute Gasteiger partial charge is 0.147 e. The van der Waals surface area contributed by atoms with Crippen LogP contribution >= 0.6 is 0 Å². The van der Waals surface area contributed by atoms with Crippen molar-refractivity contribution < 1.29 is 8.83 Å². The minimum Gasteiger partial charge on any atom is -0.455 e. The first-order chi connectivity index (χ1) is 25.8. The van der Waals surface area contributed by atoms with E-state index in [4.69, 9.17) is 8.83 Å². The molecular formula is C50H30O2. The average Bonchev–Trinajstić information content (AvgIpc) is 3.79. The van der Waals surface area contributed by atoms with Crippen LogP contribution in [0.2, 0.25) is 0 Å². The fraction of sp³-hybridized carbons (Fsp3) is 0. The first-order valence-corrected chi connectivity index (χ1v) is 17.8. The maximum atomic E-state index is 6.60. The quantitative estimate of drug-likeness (QED) is 0.175. The predicted molar refractivity (Wildman–Crippen MR) is 218 cm³/mol. The lowest BCUT2D eigenvalue weighted by molar-refractivity contribution is 0.663. The Morgan fingerprint density at radius 1 is 0.269 bits per heavy atom. The lowest BCUT2D eigenvalue weighted by Gasteiger charge is -2.18. The van der Waals surface area contributed by atoms with Crippen LogP contribution < -0.4 is 0 Å². The van der Waals surface area contributed by atoms with Gasteiger partial charge in [-0.15, -0.1) is 0 Å². The van der Waals surface area contributed by atoms with Gasteiger partial charge in [0.15, 0.2) is 0 Å². The van der Waals surface area contributed by atoms with E-state index in [0.717, 1.165) is 55.0 Å². The third kappa shape index (κ3) is 4.31. The number of benzene rings is 9. The van der Waals surface area contributed by atoms with Crippen LogP contribution in [0.5, 0.6) is 0 Å². The normalized spacial score (nSPS) is 11.8. The topological polar surface area (TPSA) is 26.3 Å². The van der Waals surface area contributed by atoms with Gasteiger partial charge < -0.3 is 8.83 Å². The van der Waals surface area contributed by atoms with Gasteiger partial charge >= 0.3 is 0 Å². The van der Waals surface area contributed by atoms with Crippen molar-refractivity contribution in [3.05, 3.63) is 182 Å². The van der Waals surface area contributed by atoms with E-state index >= 15 is 0 Å². The lowest BCUT2D eigenvalue weighted by atomic mass is 9.85. The molecular weight excluding hydrogens is 633 g/mol. The van der Waals surface area contributed by atoms with Crippen molar-refractivity contribution in [3.63, 3.8) is 0 Å². The summed E-state index contributed by atoms with van der Waals surface area (Å²) < 4.78 is 13.1. The Bertz CT molecular complexity index is 3090. The van der Waals surface area contributed by atoms with Crippen LogP contribution in [-0.2, 0) is 0 Å². The SMILES string of the molecule is c1ccc(-c2ccc(-c3c4ccccc4c(-c4ccc(-c5cc6c7ccccc7oc6c6c5oc5ccccc56)cc4)c4ccccc34)cc2)cc1. The van der Waals surface area contributed by atoms with Gasteiger partial charge in [0.05, 0.1) is 5.39 Å². The second-order valence-corrected chi connectivity index (χ2v) is 13.6. The zero-order valence-electron chi connectivity index (χ0n) is 28.1. The molecule has 0 fully saturated rings. The van der Waals surface area contributed by atoms with E-state index in [9.17, 15) is 0 Å². The van der Waals surface area contributed by atoms with Crippen LogP contribution in [0.3, 0.4) is 0 Å². The second-order valence-electron chi connectivity index (χ2n) is 13.6. The van der Waals surface area contributed by atoms with Crippen molar-refractivity contribution in [2.45, 2.75) is 0 Å². The van der Waals surface area contributed by atoms with Gasteiger partial charge in [-0.05, 0) is 78.7 Å². The van der Waals surface area contributed by atoms with Crippen molar-refractivity contribution in [3.8, 4) is 44.5 Å². The first-order valence-electron chi connectivity index (χ1n) is 17.8. The van der Waals surface area contributed by atoms with Gasteiger partial charge in [-0.25, -0.2) is 0 Å². The van der Waals surface area contributed by atoms with E-state index in [2.05, 4.69) is 158 Å². The molecule has 0 unspecified atom stereocenters. The van der Waals surface area contributed by atoms with Crippen LogP contribution in [0.25, 0.3) is 110 Å². The molecule has 0 aliphatic rings. The summed E-state index contributed by atoms with van der Waals surface area (Å²) in [5.74, 6) is 0. The molecule has 11 aromatic rings. The minimum atomic E-state index is 0.846. The zero-order chi connectivity index (χ0) is 34.2. The minimum absolute atomic E-state index is 0.846. The summed E-state index contributed by atoms with van der Waals surface area (Å²) in [6, 6.07) is 65.0. The Balaban J connectivity index is 1.10. The molecule has 0 atom stereocenters. The molecule has 0 amide bonds. The molecule has 0 saturated heterocycles. The number of rotatable bonds is 4. The van der Waals surface area contributed by atoms with Crippen molar-refractivity contribution in [2.75, 3.05) is 0 Å². The van der Waals surface area contributed by atoms with Crippen molar-refractivity contribution >= 4 is 65.4 Å². The summed E-state index contributed by atoms with van der Waals surface area (Å²) in [7, 11) is 0. The van der Waals surface area contributed by atoms with E-state index in [0.29, 0.717) is 0 Å². The van der Waals surface area contributed by atoms with Gasteiger partial charge in [0.25, 0.3) is 0 Å². The Labute approximate surface area is 299 Å². The molecule has 2 heterocycles. The zero-order valence-corrected chi connectivity index (χ0v) is 28.1. The van der Waals surface area contributed by atoms with E-state index in [1.807, 2.05) is 24.3 Å². The highest BCUT2D eigenvalue weighted by Crippen LogP contribution is 2.46.